The fourth-order valence-corrected chi connectivity index (χ4v) is 2.47. The molecule has 0 radical (unpaired) electrons. The Hall–Kier alpha value is -0.540. The van der Waals surface area contributed by atoms with E-state index in [9.17, 15) is 4.79 Å². The molecule has 0 saturated carbocycles. The van der Waals surface area contributed by atoms with Gasteiger partial charge in [0.25, 0.3) is 0 Å². The van der Waals surface area contributed by atoms with Gasteiger partial charge in [0.15, 0.2) is 0 Å². The molecule has 0 aliphatic rings. The third-order valence-electron chi connectivity index (χ3n) is 3.58. The second kappa shape index (κ2) is 8.04. The normalized spacial score (nSPS) is 13.8. The number of hydrogen-bond donors (Lipinski definition) is 0. The molecule has 0 N–H and O–H groups in total. The van der Waals surface area contributed by atoms with E-state index in [1.54, 1.807) is 0 Å². The van der Waals surface area contributed by atoms with Gasteiger partial charge in [-0.3, -0.25) is 4.79 Å². The number of ether oxygens (including phenoxy) is 1. The molecule has 20 heavy (non-hydrogen) atoms. The summed E-state index contributed by atoms with van der Waals surface area (Å²) in [5.41, 5.74) is 0.596. The van der Waals surface area contributed by atoms with E-state index in [0.717, 1.165) is 29.3 Å². The quantitative estimate of drug-likeness (QED) is 0.480. The van der Waals surface area contributed by atoms with Gasteiger partial charge >= 0.3 is 5.97 Å². The van der Waals surface area contributed by atoms with Gasteiger partial charge in [0.05, 0.1) is 17.0 Å². The standard InChI is InChI=1S/C16H22BrClO2/c1-4-6-9-20-15(19)16(3,5-2)11-12-7-8-14(18)13(17)10-12/h7-8,10H,4-6,9,11H2,1-3H3. The summed E-state index contributed by atoms with van der Waals surface area (Å²) in [5.74, 6) is -0.112. The number of hydrogen-bond acceptors (Lipinski definition) is 2. The number of carbonyl (C=O) groups excluding carboxylic acids is 1. The Kier molecular flexibility index (Phi) is 7.04. The van der Waals surface area contributed by atoms with Gasteiger partial charge in [-0.05, 0) is 59.8 Å². The van der Waals surface area contributed by atoms with E-state index in [0.29, 0.717) is 18.1 Å². The van der Waals surface area contributed by atoms with Crippen molar-refractivity contribution in [2.24, 2.45) is 5.41 Å². The molecule has 1 aromatic rings. The lowest BCUT2D eigenvalue weighted by atomic mass is 9.81. The topological polar surface area (TPSA) is 26.3 Å². The van der Waals surface area contributed by atoms with Gasteiger partial charge in [-0.25, -0.2) is 0 Å². The van der Waals surface area contributed by atoms with Crippen LogP contribution in [0.1, 0.15) is 45.6 Å². The van der Waals surface area contributed by atoms with Crippen LogP contribution >= 0.6 is 27.5 Å². The van der Waals surface area contributed by atoms with Crippen LogP contribution in [-0.4, -0.2) is 12.6 Å². The fourth-order valence-electron chi connectivity index (χ4n) is 1.93. The summed E-state index contributed by atoms with van der Waals surface area (Å²) in [7, 11) is 0. The van der Waals surface area contributed by atoms with Crippen molar-refractivity contribution in [2.45, 2.75) is 46.5 Å². The predicted octanol–water partition coefficient (Wildman–Crippen LogP) is 5.40. The van der Waals surface area contributed by atoms with Crippen molar-refractivity contribution in [3.63, 3.8) is 0 Å². The molecule has 0 aliphatic heterocycles. The van der Waals surface area contributed by atoms with Crippen LogP contribution < -0.4 is 0 Å². The molecule has 0 aliphatic carbocycles. The molecule has 0 amide bonds. The highest BCUT2D eigenvalue weighted by molar-refractivity contribution is 9.10. The zero-order valence-corrected chi connectivity index (χ0v) is 14.7. The van der Waals surface area contributed by atoms with Crippen LogP contribution in [0.5, 0.6) is 0 Å². The molecular weight excluding hydrogens is 340 g/mol. The third kappa shape index (κ3) is 4.78. The number of halogens is 2. The summed E-state index contributed by atoms with van der Waals surface area (Å²) in [6.45, 7) is 6.57. The zero-order chi connectivity index (χ0) is 15.2. The van der Waals surface area contributed by atoms with Crippen molar-refractivity contribution in [1.82, 2.24) is 0 Å². The number of carbonyl (C=O) groups is 1. The molecule has 0 saturated heterocycles. The van der Waals surface area contributed by atoms with Crippen molar-refractivity contribution in [3.05, 3.63) is 33.3 Å². The summed E-state index contributed by atoms with van der Waals surface area (Å²) in [6.07, 6.45) is 3.35. The molecule has 4 heteroatoms. The Morgan fingerprint density at radius 2 is 2.10 bits per heavy atom. The second-order valence-electron chi connectivity index (χ2n) is 5.33. The van der Waals surface area contributed by atoms with Gasteiger partial charge in [0.2, 0.25) is 0 Å². The average molecular weight is 362 g/mol. The van der Waals surface area contributed by atoms with Crippen LogP contribution in [0.2, 0.25) is 5.02 Å². The first kappa shape index (κ1) is 17.5. The largest absolute Gasteiger partial charge is 0.465 e. The fraction of sp³-hybridized carbons (Fsp3) is 0.562. The maximum Gasteiger partial charge on any atom is 0.312 e. The lowest BCUT2D eigenvalue weighted by molar-refractivity contribution is -0.155. The molecule has 0 fully saturated rings. The maximum atomic E-state index is 12.3. The molecule has 0 bridgehead atoms. The predicted molar refractivity (Wildman–Crippen MR) is 87.1 cm³/mol. The van der Waals surface area contributed by atoms with E-state index in [-0.39, 0.29) is 5.97 Å². The SMILES string of the molecule is CCCCOC(=O)C(C)(CC)Cc1ccc(Cl)c(Br)c1. The molecule has 1 unspecified atom stereocenters. The summed E-state index contributed by atoms with van der Waals surface area (Å²) >= 11 is 9.41. The lowest BCUT2D eigenvalue weighted by Gasteiger charge is -2.26. The molecule has 112 valence electrons. The van der Waals surface area contributed by atoms with Gasteiger partial charge in [0, 0.05) is 4.47 Å². The first-order chi connectivity index (χ1) is 9.42. The Balaban J connectivity index is 2.77. The first-order valence-electron chi connectivity index (χ1n) is 7.04. The highest BCUT2D eigenvalue weighted by Crippen LogP contribution is 2.31. The van der Waals surface area contributed by atoms with Crippen LogP contribution in [0.3, 0.4) is 0 Å². The van der Waals surface area contributed by atoms with Gasteiger partial charge in [-0.1, -0.05) is 37.9 Å². The highest BCUT2D eigenvalue weighted by Gasteiger charge is 2.33. The number of rotatable bonds is 7. The Morgan fingerprint density at radius 1 is 1.40 bits per heavy atom. The Bertz CT molecular complexity index is 462. The van der Waals surface area contributed by atoms with E-state index in [1.165, 1.54) is 0 Å². The highest BCUT2D eigenvalue weighted by atomic mass is 79.9. The zero-order valence-electron chi connectivity index (χ0n) is 12.3. The van der Waals surface area contributed by atoms with Gasteiger partial charge < -0.3 is 4.74 Å². The Labute approximate surface area is 135 Å². The van der Waals surface area contributed by atoms with Crippen molar-refractivity contribution in [1.29, 1.82) is 0 Å². The molecule has 1 aromatic carbocycles. The minimum atomic E-state index is -0.485. The maximum absolute atomic E-state index is 12.3. The monoisotopic (exact) mass is 360 g/mol. The van der Waals surface area contributed by atoms with Crippen LogP contribution in [0, 0.1) is 5.41 Å². The van der Waals surface area contributed by atoms with Gasteiger partial charge in [-0.2, -0.15) is 0 Å². The van der Waals surface area contributed by atoms with E-state index < -0.39 is 5.41 Å². The third-order valence-corrected chi connectivity index (χ3v) is 4.80. The number of esters is 1. The second-order valence-corrected chi connectivity index (χ2v) is 6.59. The number of benzene rings is 1. The van der Waals surface area contributed by atoms with Crippen molar-refractivity contribution < 1.29 is 9.53 Å². The van der Waals surface area contributed by atoms with E-state index in [2.05, 4.69) is 22.9 Å². The number of unbranched alkanes of at least 4 members (excludes halogenated alkanes) is 1. The molecule has 0 heterocycles. The van der Waals surface area contributed by atoms with Crippen LogP contribution in [0.4, 0.5) is 0 Å². The van der Waals surface area contributed by atoms with E-state index in [4.69, 9.17) is 16.3 Å². The molecule has 1 rings (SSSR count). The van der Waals surface area contributed by atoms with Crippen molar-refractivity contribution in [3.8, 4) is 0 Å². The molecule has 0 aromatic heterocycles. The molecule has 2 nitrogen and oxygen atoms in total. The first-order valence-corrected chi connectivity index (χ1v) is 8.21. The summed E-state index contributed by atoms with van der Waals surface area (Å²) < 4.78 is 6.24. The minimum absolute atomic E-state index is 0.112. The minimum Gasteiger partial charge on any atom is -0.465 e. The average Bonchev–Trinajstić information content (AvgIpc) is 2.43. The summed E-state index contributed by atoms with van der Waals surface area (Å²) in [6, 6.07) is 5.77. The Morgan fingerprint density at radius 3 is 2.65 bits per heavy atom. The van der Waals surface area contributed by atoms with E-state index >= 15 is 0 Å². The van der Waals surface area contributed by atoms with E-state index in [1.807, 2.05) is 32.0 Å². The van der Waals surface area contributed by atoms with Crippen molar-refractivity contribution in [2.75, 3.05) is 6.61 Å². The van der Waals surface area contributed by atoms with Crippen LogP contribution in [-0.2, 0) is 16.0 Å². The van der Waals surface area contributed by atoms with Crippen LogP contribution in [0.25, 0.3) is 0 Å². The van der Waals surface area contributed by atoms with Gasteiger partial charge in [0.1, 0.15) is 0 Å². The van der Waals surface area contributed by atoms with Crippen LogP contribution in [0.15, 0.2) is 22.7 Å². The van der Waals surface area contributed by atoms with Crippen molar-refractivity contribution >= 4 is 33.5 Å². The molecule has 1 atom stereocenters. The lowest BCUT2D eigenvalue weighted by Crippen LogP contribution is -2.31. The smallest absolute Gasteiger partial charge is 0.312 e. The molecule has 0 spiro atoms. The summed E-state index contributed by atoms with van der Waals surface area (Å²) in [5, 5.41) is 0.678. The molecular formula is C16H22BrClO2. The summed E-state index contributed by atoms with van der Waals surface area (Å²) in [4.78, 5) is 12.3. The van der Waals surface area contributed by atoms with Gasteiger partial charge in [-0.15, -0.1) is 0 Å².